The molecule has 2 nitrogen and oxygen atoms in total. The maximum absolute atomic E-state index is 9.27. The van der Waals surface area contributed by atoms with Crippen LogP contribution in [-0.2, 0) is 12.8 Å². The van der Waals surface area contributed by atoms with Gasteiger partial charge in [0, 0.05) is 6.04 Å². The van der Waals surface area contributed by atoms with Crippen molar-refractivity contribution in [3.8, 4) is 5.75 Å². The van der Waals surface area contributed by atoms with E-state index in [9.17, 15) is 5.11 Å². The highest BCUT2D eigenvalue weighted by molar-refractivity contribution is 5.26. The van der Waals surface area contributed by atoms with Crippen molar-refractivity contribution < 1.29 is 5.11 Å². The largest absolute Gasteiger partial charge is 0.508 e. The average molecular weight is 283 g/mol. The summed E-state index contributed by atoms with van der Waals surface area (Å²) in [6, 6.07) is 16.6. The molecule has 1 unspecified atom stereocenters. The summed E-state index contributed by atoms with van der Waals surface area (Å²) in [5, 5.41) is 12.9. The quantitative estimate of drug-likeness (QED) is 0.809. The van der Waals surface area contributed by atoms with Gasteiger partial charge in [-0.05, 0) is 68.5 Å². The van der Waals surface area contributed by atoms with E-state index in [0.29, 0.717) is 11.8 Å². The summed E-state index contributed by atoms with van der Waals surface area (Å²) < 4.78 is 0. The number of aryl methyl sites for hydroxylation is 2. The summed E-state index contributed by atoms with van der Waals surface area (Å²) in [7, 11) is 0. The Balaban J connectivity index is 1.69. The van der Waals surface area contributed by atoms with Gasteiger partial charge in [0.1, 0.15) is 5.75 Å². The number of rotatable bonds is 7. The van der Waals surface area contributed by atoms with Gasteiger partial charge in [-0.15, -0.1) is 0 Å². The lowest BCUT2D eigenvalue weighted by molar-refractivity contribution is 0.474. The summed E-state index contributed by atoms with van der Waals surface area (Å²) in [6.07, 6.45) is 3.23. The zero-order chi connectivity index (χ0) is 15.1. The summed E-state index contributed by atoms with van der Waals surface area (Å²) in [5.41, 5.74) is 4.08. The van der Waals surface area contributed by atoms with Crippen LogP contribution in [0.25, 0.3) is 0 Å². The van der Waals surface area contributed by atoms with Crippen LogP contribution in [0.3, 0.4) is 0 Å². The van der Waals surface area contributed by atoms with Crippen molar-refractivity contribution in [3.05, 3.63) is 65.2 Å². The predicted octanol–water partition coefficient (Wildman–Crippen LogP) is 3.85. The van der Waals surface area contributed by atoms with E-state index in [1.54, 1.807) is 12.1 Å². The molecule has 21 heavy (non-hydrogen) atoms. The lowest BCUT2D eigenvalue weighted by atomic mass is 10.0. The zero-order valence-corrected chi connectivity index (χ0v) is 13.0. The molecule has 2 aromatic carbocycles. The Morgan fingerprint density at radius 3 is 2.43 bits per heavy atom. The third kappa shape index (κ3) is 5.24. The molecular formula is C19H25NO. The molecule has 0 fully saturated rings. The Morgan fingerprint density at radius 2 is 1.71 bits per heavy atom. The first kappa shape index (κ1) is 15.6. The van der Waals surface area contributed by atoms with Gasteiger partial charge in [-0.25, -0.2) is 0 Å². The molecule has 0 radical (unpaired) electrons. The van der Waals surface area contributed by atoms with Crippen LogP contribution in [0.4, 0.5) is 0 Å². The molecule has 2 rings (SSSR count). The molecule has 0 heterocycles. The van der Waals surface area contributed by atoms with Gasteiger partial charge >= 0.3 is 0 Å². The Hall–Kier alpha value is -1.80. The van der Waals surface area contributed by atoms with E-state index in [1.807, 2.05) is 12.1 Å². The third-order valence-electron chi connectivity index (χ3n) is 3.95. The molecule has 2 N–H and O–H groups in total. The highest BCUT2D eigenvalue weighted by Gasteiger charge is 2.03. The molecule has 0 aliphatic carbocycles. The summed E-state index contributed by atoms with van der Waals surface area (Å²) >= 11 is 0. The minimum absolute atomic E-state index is 0.336. The monoisotopic (exact) mass is 283 g/mol. The summed E-state index contributed by atoms with van der Waals surface area (Å²) in [5.74, 6) is 0.336. The molecule has 0 amide bonds. The van der Waals surface area contributed by atoms with Crippen LogP contribution in [0.2, 0.25) is 0 Å². The van der Waals surface area contributed by atoms with Crippen LogP contribution in [0.1, 0.15) is 30.0 Å². The van der Waals surface area contributed by atoms with E-state index in [0.717, 1.165) is 25.8 Å². The van der Waals surface area contributed by atoms with E-state index in [1.165, 1.54) is 16.7 Å². The molecule has 0 saturated heterocycles. The van der Waals surface area contributed by atoms with Crippen molar-refractivity contribution >= 4 is 0 Å². The van der Waals surface area contributed by atoms with E-state index < -0.39 is 0 Å². The van der Waals surface area contributed by atoms with Crippen molar-refractivity contribution in [1.29, 1.82) is 0 Å². The van der Waals surface area contributed by atoms with E-state index in [-0.39, 0.29) is 0 Å². The van der Waals surface area contributed by atoms with Crippen LogP contribution >= 0.6 is 0 Å². The normalized spacial score (nSPS) is 12.3. The standard InChI is InChI=1S/C19H25NO/c1-15-5-3-4-6-18(15)13-14-20-16(2)7-8-17-9-11-19(21)12-10-17/h3-6,9-12,16,20-21H,7-8,13-14H2,1-2H3. The van der Waals surface area contributed by atoms with Crippen LogP contribution in [0.5, 0.6) is 5.75 Å². The van der Waals surface area contributed by atoms with Crippen molar-refractivity contribution in [1.82, 2.24) is 5.32 Å². The molecule has 0 bridgehead atoms. The molecule has 1 atom stereocenters. The van der Waals surface area contributed by atoms with Gasteiger partial charge in [0.25, 0.3) is 0 Å². The van der Waals surface area contributed by atoms with Gasteiger partial charge in [0.05, 0.1) is 0 Å². The highest BCUT2D eigenvalue weighted by Crippen LogP contribution is 2.12. The van der Waals surface area contributed by atoms with Crippen LogP contribution in [-0.4, -0.2) is 17.7 Å². The lowest BCUT2D eigenvalue weighted by Gasteiger charge is -2.14. The first-order chi connectivity index (χ1) is 10.1. The minimum atomic E-state index is 0.336. The maximum atomic E-state index is 9.27. The zero-order valence-electron chi connectivity index (χ0n) is 13.0. The van der Waals surface area contributed by atoms with Crippen molar-refractivity contribution in [2.45, 2.75) is 39.2 Å². The SMILES string of the molecule is Cc1ccccc1CCNC(C)CCc1ccc(O)cc1. The first-order valence-electron chi connectivity index (χ1n) is 7.71. The fourth-order valence-corrected chi connectivity index (χ4v) is 2.49. The number of benzene rings is 2. The van der Waals surface area contributed by atoms with Crippen molar-refractivity contribution in [2.75, 3.05) is 6.54 Å². The molecule has 0 aliphatic heterocycles. The van der Waals surface area contributed by atoms with Gasteiger partial charge < -0.3 is 10.4 Å². The van der Waals surface area contributed by atoms with Crippen LogP contribution in [0, 0.1) is 6.92 Å². The van der Waals surface area contributed by atoms with Gasteiger partial charge in [0.15, 0.2) is 0 Å². The number of hydrogen-bond donors (Lipinski definition) is 2. The average Bonchev–Trinajstić information content (AvgIpc) is 2.49. The molecule has 0 spiro atoms. The maximum Gasteiger partial charge on any atom is 0.115 e. The topological polar surface area (TPSA) is 32.3 Å². The van der Waals surface area contributed by atoms with Crippen LogP contribution in [0.15, 0.2) is 48.5 Å². The Bertz CT molecular complexity index is 548. The summed E-state index contributed by atoms with van der Waals surface area (Å²) in [6.45, 7) is 5.42. The Morgan fingerprint density at radius 1 is 1.00 bits per heavy atom. The molecule has 2 aromatic rings. The van der Waals surface area contributed by atoms with E-state index in [4.69, 9.17) is 0 Å². The van der Waals surface area contributed by atoms with E-state index >= 15 is 0 Å². The number of aromatic hydroxyl groups is 1. The smallest absolute Gasteiger partial charge is 0.115 e. The lowest BCUT2D eigenvalue weighted by Crippen LogP contribution is -2.28. The number of phenolic OH excluding ortho intramolecular Hbond substituents is 1. The highest BCUT2D eigenvalue weighted by atomic mass is 16.3. The molecule has 0 aromatic heterocycles. The van der Waals surface area contributed by atoms with Gasteiger partial charge in [-0.3, -0.25) is 0 Å². The van der Waals surface area contributed by atoms with Crippen LogP contribution < -0.4 is 5.32 Å². The Labute approximate surface area is 127 Å². The number of phenols is 1. The van der Waals surface area contributed by atoms with Crippen molar-refractivity contribution in [3.63, 3.8) is 0 Å². The van der Waals surface area contributed by atoms with E-state index in [2.05, 4.69) is 43.4 Å². The molecule has 112 valence electrons. The van der Waals surface area contributed by atoms with Gasteiger partial charge in [-0.1, -0.05) is 36.4 Å². The first-order valence-corrected chi connectivity index (χ1v) is 7.71. The minimum Gasteiger partial charge on any atom is -0.508 e. The molecule has 0 saturated carbocycles. The summed E-state index contributed by atoms with van der Waals surface area (Å²) in [4.78, 5) is 0. The van der Waals surface area contributed by atoms with Gasteiger partial charge in [-0.2, -0.15) is 0 Å². The van der Waals surface area contributed by atoms with Gasteiger partial charge in [0.2, 0.25) is 0 Å². The molecule has 0 aliphatic rings. The predicted molar refractivity (Wildman–Crippen MR) is 88.8 cm³/mol. The Kier molecular flexibility index (Phi) is 5.82. The molecular weight excluding hydrogens is 258 g/mol. The second-order valence-corrected chi connectivity index (χ2v) is 5.74. The fraction of sp³-hybridized carbons (Fsp3) is 0.368. The number of hydrogen-bond acceptors (Lipinski definition) is 2. The third-order valence-corrected chi connectivity index (χ3v) is 3.95. The number of nitrogens with one attached hydrogen (secondary N) is 1. The van der Waals surface area contributed by atoms with Crippen molar-refractivity contribution in [2.24, 2.45) is 0 Å². The second kappa shape index (κ2) is 7.84. The fourth-order valence-electron chi connectivity index (χ4n) is 2.49. The second-order valence-electron chi connectivity index (χ2n) is 5.74. The molecule has 2 heteroatoms.